The monoisotopic (exact) mass is 270 g/mol. The Labute approximate surface area is 120 Å². The molecule has 2 rings (SSSR count). The number of nitrogens with zero attached hydrogens (tertiary/aromatic N) is 3. The minimum atomic E-state index is 0.591. The molecule has 0 unspecified atom stereocenters. The Hall–Kier alpha value is -2.10. The van der Waals surface area contributed by atoms with Crippen molar-refractivity contribution in [3.8, 4) is 11.4 Å². The highest BCUT2D eigenvalue weighted by Crippen LogP contribution is 2.22. The zero-order valence-electron chi connectivity index (χ0n) is 12.6. The van der Waals surface area contributed by atoms with E-state index in [9.17, 15) is 0 Å². The standard InChI is InChI=1S/C16H22N4/c1-12(2)11-20(4)15-10-14(17-3)18-16(19-15)13-8-6-5-7-9-13/h5-10,12H,11H2,1-4H3,(H,17,18,19). The van der Waals surface area contributed by atoms with Crippen LogP contribution >= 0.6 is 0 Å². The molecule has 4 nitrogen and oxygen atoms in total. The first-order valence-electron chi connectivity index (χ1n) is 6.93. The van der Waals surface area contributed by atoms with E-state index in [-0.39, 0.29) is 0 Å². The quantitative estimate of drug-likeness (QED) is 0.905. The molecule has 1 aromatic heterocycles. The van der Waals surface area contributed by atoms with Gasteiger partial charge in [-0.15, -0.1) is 0 Å². The molecule has 4 heteroatoms. The fourth-order valence-electron chi connectivity index (χ4n) is 2.12. The van der Waals surface area contributed by atoms with Crippen molar-refractivity contribution in [1.29, 1.82) is 0 Å². The maximum absolute atomic E-state index is 4.68. The molecule has 2 aromatic rings. The van der Waals surface area contributed by atoms with Gasteiger partial charge in [-0.1, -0.05) is 44.2 Å². The molecule has 0 aliphatic heterocycles. The lowest BCUT2D eigenvalue weighted by Gasteiger charge is -2.21. The van der Waals surface area contributed by atoms with Gasteiger partial charge in [-0.25, -0.2) is 9.97 Å². The summed E-state index contributed by atoms with van der Waals surface area (Å²) in [6.07, 6.45) is 0. The molecular weight excluding hydrogens is 248 g/mol. The largest absolute Gasteiger partial charge is 0.373 e. The average Bonchev–Trinajstić information content (AvgIpc) is 2.47. The van der Waals surface area contributed by atoms with E-state index in [0.29, 0.717) is 5.92 Å². The average molecular weight is 270 g/mol. The molecule has 0 aliphatic carbocycles. The summed E-state index contributed by atoms with van der Waals surface area (Å²) in [5.41, 5.74) is 1.03. The smallest absolute Gasteiger partial charge is 0.163 e. The van der Waals surface area contributed by atoms with Crippen LogP contribution in [0.4, 0.5) is 11.6 Å². The van der Waals surface area contributed by atoms with Crippen LogP contribution in [0.3, 0.4) is 0 Å². The van der Waals surface area contributed by atoms with Gasteiger partial charge in [0, 0.05) is 32.3 Å². The molecule has 0 spiro atoms. The second kappa shape index (κ2) is 6.37. The Kier molecular flexibility index (Phi) is 4.56. The van der Waals surface area contributed by atoms with Gasteiger partial charge >= 0.3 is 0 Å². The Morgan fingerprint density at radius 2 is 1.85 bits per heavy atom. The number of nitrogens with one attached hydrogen (secondary N) is 1. The van der Waals surface area contributed by atoms with Crippen molar-refractivity contribution in [2.75, 3.05) is 30.9 Å². The predicted molar refractivity (Wildman–Crippen MR) is 85.1 cm³/mol. The fraction of sp³-hybridized carbons (Fsp3) is 0.375. The minimum absolute atomic E-state index is 0.591. The van der Waals surface area contributed by atoms with Gasteiger partial charge in [0.05, 0.1) is 0 Å². The molecule has 0 amide bonds. The van der Waals surface area contributed by atoms with E-state index in [4.69, 9.17) is 0 Å². The van der Waals surface area contributed by atoms with Crippen molar-refractivity contribution < 1.29 is 0 Å². The predicted octanol–water partition coefficient (Wildman–Crippen LogP) is 3.28. The zero-order chi connectivity index (χ0) is 14.5. The van der Waals surface area contributed by atoms with Crippen molar-refractivity contribution in [3.05, 3.63) is 36.4 Å². The third-order valence-corrected chi connectivity index (χ3v) is 3.03. The summed E-state index contributed by atoms with van der Waals surface area (Å²) < 4.78 is 0. The van der Waals surface area contributed by atoms with Crippen LogP contribution in [0.5, 0.6) is 0 Å². The lowest BCUT2D eigenvalue weighted by molar-refractivity contribution is 0.634. The summed E-state index contributed by atoms with van der Waals surface area (Å²) in [6, 6.07) is 12.0. The Bertz CT molecular complexity index is 552. The lowest BCUT2D eigenvalue weighted by atomic mass is 10.2. The first kappa shape index (κ1) is 14.3. The zero-order valence-corrected chi connectivity index (χ0v) is 12.6. The third-order valence-electron chi connectivity index (χ3n) is 3.03. The molecule has 0 saturated carbocycles. The normalized spacial score (nSPS) is 10.7. The van der Waals surface area contributed by atoms with Crippen molar-refractivity contribution in [3.63, 3.8) is 0 Å². The second-order valence-corrected chi connectivity index (χ2v) is 5.33. The van der Waals surface area contributed by atoms with E-state index >= 15 is 0 Å². The summed E-state index contributed by atoms with van der Waals surface area (Å²) in [7, 11) is 3.94. The van der Waals surface area contributed by atoms with Gasteiger partial charge in [0.25, 0.3) is 0 Å². The molecule has 0 saturated heterocycles. The second-order valence-electron chi connectivity index (χ2n) is 5.33. The summed E-state index contributed by atoms with van der Waals surface area (Å²) in [5.74, 6) is 3.12. The van der Waals surface area contributed by atoms with Crippen molar-refractivity contribution in [2.24, 2.45) is 5.92 Å². The van der Waals surface area contributed by atoms with Crippen LogP contribution in [-0.2, 0) is 0 Å². The van der Waals surface area contributed by atoms with Crippen LogP contribution in [0.25, 0.3) is 11.4 Å². The van der Waals surface area contributed by atoms with Crippen molar-refractivity contribution in [2.45, 2.75) is 13.8 Å². The Morgan fingerprint density at radius 3 is 2.45 bits per heavy atom. The maximum Gasteiger partial charge on any atom is 0.163 e. The molecular formula is C16H22N4. The summed E-state index contributed by atoms with van der Waals surface area (Å²) in [5, 5.41) is 3.11. The van der Waals surface area contributed by atoms with E-state index in [1.165, 1.54) is 0 Å². The SMILES string of the molecule is CNc1cc(N(C)CC(C)C)nc(-c2ccccc2)n1. The van der Waals surface area contributed by atoms with Crippen LogP contribution in [0.15, 0.2) is 36.4 Å². The van der Waals surface area contributed by atoms with Crippen LogP contribution in [0, 0.1) is 5.92 Å². The van der Waals surface area contributed by atoms with Gasteiger partial charge in [0.2, 0.25) is 0 Å². The number of anilines is 2. The maximum atomic E-state index is 4.68. The van der Waals surface area contributed by atoms with Gasteiger partial charge in [-0.05, 0) is 5.92 Å². The van der Waals surface area contributed by atoms with Crippen LogP contribution < -0.4 is 10.2 Å². The van der Waals surface area contributed by atoms with Crippen LogP contribution in [0.2, 0.25) is 0 Å². The molecule has 0 bridgehead atoms. The number of aromatic nitrogens is 2. The highest BCUT2D eigenvalue weighted by Gasteiger charge is 2.10. The molecule has 0 fully saturated rings. The van der Waals surface area contributed by atoms with E-state index < -0.39 is 0 Å². The Balaban J connectivity index is 2.39. The van der Waals surface area contributed by atoms with Gasteiger partial charge in [0.15, 0.2) is 5.82 Å². The first-order valence-corrected chi connectivity index (χ1v) is 6.93. The highest BCUT2D eigenvalue weighted by atomic mass is 15.2. The van der Waals surface area contributed by atoms with E-state index in [0.717, 1.165) is 29.6 Å². The molecule has 1 N–H and O–H groups in total. The highest BCUT2D eigenvalue weighted by molar-refractivity contribution is 5.61. The summed E-state index contributed by atoms with van der Waals surface area (Å²) in [6.45, 7) is 5.37. The Morgan fingerprint density at radius 1 is 1.15 bits per heavy atom. The molecule has 0 aliphatic rings. The lowest BCUT2D eigenvalue weighted by Crippen LogP contribution is -2.24. The van der Waals surface area contributed by atoms with E-state index in [1.807, 2.05) is 43.4 Å². The number of benzene rings is 1. The summed E-state index contributed by atoms with van der Waals surface area (Å²) >= 11 is 0. The van der Waals surface area contributed by atoms with E-state index in [1.54, 1.807) is 0 Å². The van der Waals surface area contributed by atoms with Gasteiger partial charge in [-0.3, -0.25) is 0 Å². The number of rotatable bonds is 5. The third kappa shape index (κ3) is 3.47. The van der Waals surface area contributed by atoms with E-state index in [2.05, 4.69) is 41.1 Å². The molecule has 0 atom stereocenters. The van der Waals surface area contributed by atoms with Gasteiger partial charge in [-0.2, -0.15) is 0 Å². The van der Waals surface area contributed by atoms with Crippen LogP contribution in [0.1, 0.15) is 13.8 Å². The topological polar surface area (TPSA) is 41.0 Å². The van der Waals surface area contributed by atoms with Gasteiger partial charge in [0.1, 0.15) is 11.6 Å². The number of hydrogen-bond donors (Lipinski definition) is 1. The van der Waals surface area contributed by atoms with Crippen LogP contribution in [-0.4, -0.2) is 30.6 Å². The molecule has 106 valence electrons. The molecule has 1 aromatic carbocycles. The minimum Gasteiger partial charge on any atom is -0.373 e. The fourth-order valence-corrected chi connectivity index (χ4v) is 2.12. The summed E-state index contributed by atoms with van der Waals surface area (Å²) in [4.78, 5) is 11.4. The molecule has 1 heterocycles. The van der Waals surface area contributed by atoms with Crippen molar-refractivity contribution >= 4 is 11.6 Å². The molecule has 0 radical (unpaired) electrons. The number of hydrogen-bond acceptors (Lipinski definition) is 4. The molecule has 20 heavy (non-hydrogen) atoms. The first-order chi connectivity index (χ1) is 9.60. The van der Waals surface area contributed by atoms with Gasteiger partial charge < -0.3 is 10.2 Å². The van der Waals surface area contributed by atoms with Crippen molar-refractivity contribution in [1.82, 2.24) is 9.97 Å².